The zero-order chi connectivity index (χ0) is 21.1. The molecule has 3 rings (SSSR count). The smallest absolute Gasteiger partial charge is 0.338 e. The van der Waals surface area contributed by atoms with Crippen molar-refractivity contribution in [2.24, 2.45) is 5.73 Å². The Kier molecular flexibility index (Phi) is 5.63. The minimum atomic E-state index is -0.978. The zero-order valence-corrected chi connectivity index (χ0v) is 16.1. The Morgan fingerprint density at radius 1 is 1.07 bits per heavy atom. The van der Waals surface area contributed by atoms with Crippen LogP contribution in [0.4, 0.5) is 16.2 Å². The molecule has 29 heavy (non-hydrogen) atoms. The first-order valence-electron chi connectivity index (χ1n) is 9.09. The molecule has 0 bridgehead atoms. The summed E-state index contributed by atoms with van der Waals surface area (Å²) in [6.07, 6.45) is -0.301. The number of anilines is 2. The van der Waals surface area contributed by atoms with Gasteiger partial charge in [0.25, 0.3) is 0 Å². The van der Waals surface area contributed by atoms with Crippen LogP contribution in [0.25, 0.3) is 0 Å². The molecule has 0 saturated heterocycles. The van der Waals surface area contributed by atoms with E-state index in [0.29, 0.717) is 24.2 Å². The lowest BCUT2D eigenvalue weighted by Crippen LogP contribution is -2.26. The van der Waals surface area contributed by atoms with Crippen molar-refractivity contribution in [3.63, 3.8) is 0 Å². The van der Waals surface area contributed by atoms with Gasteiger partial charge in [-0.1, -0.05) is 0 Å². The molecule has 1 atom stereocenters. The lowest BCUT2D eigenvalue weighted by atomic mass is 10.0. The molecule has 0 spiro atoms. The van der Waals surface area contributed by atoms with Crippen LogP contribution in [0.3, 0.4) is 0 Å². The van der Waals surface area contributed by atoms with E-state index in [1.165, 1.54) is 38.1 Å². The third kappa shape index (κ3) is 4.43. The number of primary amides is 1. The standard InChI is InChI=1S/C21H21N3O5/c1-12(29-20(27)14-3-6-17(7-4-14)23-21(22)28)19(26)16-5-8-18-15(11-16)9-10-24(18)13(2)25/h3-8,11-12H,9-10H2,1-2H3,(H3,22,23,28)/t12-/m1/s1. The summed E-state index contributed by atoms with van der Waals surface area (Å²) in [5.74, 6) is -1.02. The normalized spacial score (nSPS) is 13.4. The van der Waals surface area contributed by atoms with E-state index in [0.717, 1.165) is 11.3 Å². The number of esters is 1. The van der Waals surface area contributed by atoms with Crippen LogP contribution in [-0.2, 0) is 16.0 Å². The molecule has 3 N–H and O–H groups in total. The first kappa shape index (κ1) is 20.1. The number of carbonyl (C=O) groups excluding carboxylic acids is 4. The number of hydrogen-bond donors (Lipinski definition) is 2. The Balaban J connectivity index is 1.67. The first-order valence-corrected chi connectivity index (χ1v) is 9.09. The summed E-state index contributed by atoms with van der Waals surface area (Å²) in [6, 6.07) is 10.4. The molecule has 0 unspecified atom stereocenters. The lowest BCUT2D eigenvalue weighted by molar-refractivity contribution is -0.116. The monoisotopic (exact) mass is 395 g/mol. The van der Waals surface area contributed by atoms with Gasteiger partial charge in [-0.25, -0.2) is 9.59 Å². The van der Waals surface area contributed by atoms with E-state index in [2.05, 4.69) is 5.32 Å². The second-order valence-electron chi connectivity index (χ2n) is 6.74. The number of nitrogens with one attached hydrogen (secondary N) is 1. The molecule has 1 aliphatic rings. The van der Waals surface area contributed by atoms with Crippen LogP contribution in [0.5, 0.6) is 0 Å². The maximum Gasteiger partial charge on any atom is 0.338 e. The lowest BCUT2D eigenvalue weighted by Gasteiger charge is -2.16. The largest absolute Gasteiger partial charge is 0.451 e. The number of nitrogens with two attached hydrogens (primary N) is 1. The first-order chi connectivity index (χ1) is 13.8. The van der Waals surface area contributed by atoms with Gasteiger partial charge in [-0.2, -0.15) is 0 Å². The molecule has 3 amide bonds. The summed E-state index contributed by atoms with van der Waals surface area (Å²) in [5.41, 5.74) is 7.87. The average Bonchev–Trinajstić information content (AvgIpc) is 3.10. The van der Waals surface area contributed by atoms with Gasteiger partial charge in [-0.3, -0.25) is 9.59 Å². The molecule has 1 aliphatic heterocycles. The minimum Gasteiger partial charge on any atom is -0.451 e. The molecule has 0 radical (unpaired) electrons. The van der Waals surface area contributed by atoms with Crippen molar-refractivity contribution in [3.8, 4) is 0 Å². The molecular weight excluding hydrogens is 374 g/mol. The number of Topliss-reactive ketones (excluding diaryl/α,β-unsaturated/α-hetero) is 1. The second-order valence-corrected chi connectivity index (χ2v) is 6.74. The molecule has 0 fully saturated rings. The summed E-state index contributed by atoms with van der Waals surface area (Å²) in [7, 11) is 0. The van der Waals surface area contributed by atoms with Crippen molar-refractivity contribution in [2.75, 3.05) is 16.8 Å². The van der Waals surface area contributed by atoms with Gasteiger partial charge in [0.05, 0.1) is 5.56 Å². The number of ether oxygens (including phenoxy) is 1. The summed E-state index contributed by atoms with van der Waals surface area (Å²) in [6.45, 7) is 3.61. The van der Waals surface area contributed by atoms with Crippen LogP contribution in [0, 0.1) is 0 Å². The third-order valence-electron chi connectivity index (χ3n) is 4.68. The number of nitrogens with zero attached hydrogens (tertiary/aromatic N) is 1. The number of rotatable bonds is 5. The highest BCUT2D eigenvalue weighted by atomic mass is 16.5. The van der Waals surface area contributed by atoms with Gasteiger partial charge in [0.1, 0.15) is 0 Å². The number of ketones is 1. The summed E-state index contributed by atoms with van der Waals surface area (Å²) in [4.78, 5) is 49.1. The Labute approximate surface area is 167 Å². The Hall–Kier alpha value is -3.68. The van der Waals surface area contributed by atoms with E-state index in [1.807, 2.05) is 0 Å². The molecule has 0 aromatic heterocycles. The number of fused-ring (bicyclic) bond motifs is 1. The van der Waals surface area contributed by atoms with Crippen LogP contribution in [0.15, 0.2) is 42.5 Å². The van der Waals surface area contributed by atoms with Crippen LogP contribution in [0.1, 0.15) is 40.1 Å². The Morgan fingerprint density at radius 2 is 1.72 bits per heavy atom. The molecule has 150 valence electrons. The van der Waals surface area contributed by atoms with Crippen molar-refractivity contribution in [1.82, 2.24) is 0 Å². The van der Waals surface area contributed by atoms with E-state index in [4.69, 9.17) is 10.5 Å². The van der Waals surface area contributed by atoms with Gasteiger partial charge in [0.15, 0.2) is 6.10 Å². The highest BCUT2D eigenvalue weighted by Crippen LogP contribution is 2.29. The maximum absolute atomic E-state index is 12.7. The molecular formula is C21H21N3O5. The molecule has 1 heterocycles. The van der Waals surface area contributed by atoms with Crippen molar-refractivity contribution < 1.29 is 23.9 Å². The Morgan fingerprint density at radius 3 is 2.34 bits per heavy atom. The maximum atomic E-state index is 12.7. The van der Waals surface area contributed by atoms with E-state index in [-0.39, 0.29) is 17.3 Å². The predicted octanol–water partition coefficient (Wildman–Crippen LogP) is 2.51. The highest BCUT2D eigenvalue weighted by Gasteiger charge is 2.25. The SMILES string of the molecule is CC(=O)N1CCc2cc(C(=O)[C@@H](C)OC(=O)c3ccc(NC(N)=O)cc3)ccc21. The van der Waals surface area contributed by atoms with E-state index in [1.54, 1.807) is 23.1 Å². The van der Waals surface area contributed by atoms with Gasteiger partial charge in [-0.15, -0.1) is 0 Å². The summed E-state index contributed by atoms with van der Waals surface area (Å²) >= 11 is 0. The number of hydrogen-bond acceptors (Lipinski definition) is 5. The molecule has 0 saturated carbocycles. The van der Waals surface area contributed by atoms with E-state index >= 15 is 0 Å². The number of carbonyl (C=O) groups is 4. The Bertz CT molecular complexity index is 984. The van der Waals surface area contributed by atoms with E-state index < -0.39 is 18.1 Å². The highest BCUT2D eigenvalue weighted by molar-refractivity contribution is 6.03. The average molecular weight is 395 g/mol. The van der Waals surface area contributed by atoms with Gasteiger partial charge in [0.2, 0.25) is 11.7 Å². The molecule has 8 heteroatoms. The second kappa shape index (κ2) is 8.14. The van der Waals surface area contributed by atoms with Crippen LogP contribution < -0.4 is 16.0 Å². The number of amides is 3. The molecule has 0 aliphatic carbocycles. The fourth-order valence-electron chi connectivity index (χ4n) is 3.23. The van der Waals surface area contributed by atoms with Crippen molar-refractivity contribution in [2.45, 2.75) is 26.4 Å². The minimum absolute atomic E-state index is 0.0397. The quantitative estimate of drug-likeness (QED) is 0.596. The van der Waals surface area contributed by atoms with Crippen LogP contribution in [-0.4, -0.2) is 36.3 Å². The van der Waals surface area contributed by atoms with E-state index in [9.17, 15) is 19.2 Å². The number of benzene rings is 2. The van der Waals surface area contributed by atoms with Crippen molar-refractivity contribution in [1.29, 1.82) is 0 Å². The predicted molar refractivity (Wildman–Crippen MR) is 107 cm³/mol. The van der Waals surface area contributed by atoms with Gasteiger partial charge < -0.3 is 20.7 Å². The fourth-order valence-corrected chi connectivity index (χ4v) is 3.23. The van der Waals surface area contributed by atoms with Gasteiger partial charge in [-0.05, 0) is 61.4 Å². The van der Waals surface area contributed by atoms with Crippen LogP contribution in [0.2, 0.25) is 0 Å². The van der Waals surface area contributed by atoms with Crippen LogP contribution >= 0.6 is 0 Å². The van der Waals surface area contributed by atoms with Crippen molar-refractivity contribution >= 4 is 35.1 Å². The van der Waals surface area contributed by atoms with Crippen molar-refractivity contribution in [3.05, 3.63) is 59.2 Å². The fraction of sp³-hybridized carbons (Fsp3) is 0.238. The summed E-state index contributed by atoms with van der Waals surface area (Å²) < 4.78 is 5.29. The number of urea groups is 1. The molecule has 2 aromatic rings. The van der Waals surface area contributed by atoms with Gasteiger partial charge in [0, 0.05) is 30.4 Å². The molecule has 8 nitrogen and oxygen atoms in total. The zero-order valence-electron chi connectivity index (χ0n) is 16.1. The summed E-state index contributed by atoms with van der Waals surface area (Å²) in [5, 5.41) is 2.39. The van der Waals surface area contributed by atoms with Gasteiger partial charge >= 0.3 is 12.0 Å². The third-order valence-corrected chi connectivity index (χ3v) is 4.68. The molecule has 2 aromatic carbocycles. The topological polar surface area (TPSA) is 119 Å².